The standard InChI is InChI=1S/C13H24N2/c1-9-8-11-10-4-3-7-15(2)13(10)6-5-12(11)14-9/h9-14H,3-8H2,1-2H3. The summed E-state index contributed by atoms with van der Waals surface area (Å²) in [5.74, 6) is 1.99. The molecular weight excluding hydrogens is 184 g/mol. The number of likely N-dealkylation sites (tertiary alicyclic amines) is 1. The van der Waals surface area contributed by atoms with Crippen LogP contribution in [0.3, 0.4) is 0 Å². The lowest BCUT2D eigenvalue weighted by Crippen LogP contribution is -2.51. The van der Waals surface area contributed by atoms with Crippen molar-refractivity contribution in [3.63, 3.8) is 0 Å². The van der Waals surface area contributed by atoms with E-state index in [0.717, 1.165) is 30.0 Å². The molecule has 5 atom stereocenters. The van der Waals surface area contributed by atoms with Gasteiger partial charge >= 0.3 is 0 Å². The van der Waals surface area contributed by atoms with Crippen molar-refractivity contribution in [3.8, 4) is 0 Å². The summed E-state index contributed by atoms with van der Waals surface area (Å²) in [6.07, 6.45) is 7.20. The SMILES string of the molecule is CC1CC2C(CCC3C2CCCN3C)N1. The first-order valence-electron chi connectivity index (χ1n) is 6.72. The van der Waals surface area contributed by atoms with E-state index in [1.165, 1.54) is 38.6 Å². The number of rotatable bonds is 0. The first-order chi connectivity index (χ1) is 7.25. The van der Waals surface area contributed by atoms with Crippen LogP contribution in [0.2, 0.25) is 0 Å². The van der Waals surface area contributed by atoms with Crippen molar-refractivity contribution in [2.24, 2.45) is 11.8 Å². The minimum Gasteiger partial charge on any atom is -0.311 e. The topological polar surface area (TPSA) is 15.3 Å². The molecule has 0 spiro atoms. The smallest absolute Gasteiger partial charge is 0.0124 e. The highest BCUT2D eigenvalue weighted by Gasteiger charge is 2.45. The van der Waals surface area contributed by atoms with Gasteiger partial charge in [-0.2, -0.15) is 0 Å². The summed E-state index contributed by atoms with van der Waals surface area (Å²) < 4.78 is 0. The summed E-state index contributed by atoms with van der Waals surface area (Å²) in [5.41, 5.74) is 0. The molecule has 2 nitrogen and oxygen atoms in total. The van der Waals surface area contributed by atoms with Gasteiger partial charge in [-0.05, 0) is 64.5 Å². The van der Waals surface area contributed by atoms with E-state index in [9.17, 15) is 0 Å². The van der Waals surface area contributed by atoms with Crippen LogP contribution in [0.4, 0.5) is 0 Å². The zero-order chi connectivity index (χ0) is 10.4. The Kier molecular flexibility index (Phi) is 2.52. The maximum atomic E-state index is 3.79. The van der Waals surface area contributed by atoms with Gasteiger partial charge in [0.1, 0.15) is 0 Å². The fourth-order valence-electron chi connectivity index (χ4n) is 4.45. The van der Waals surface area contributed by atoms with Crippen molar-refractivity contribution in [2.45, 2.75) is 57.2 Å². The van der Waals surface area contributed by atoms with Gasteiger partial charge < -0.3 is 10.2 Å². The van der Waals surface area contributed by atoms with Crippen LogP contribution in [0.1, 0.15) is 39.0 Å². The van der Waals surface area contributed by atoms with E-state index in [2.05, 4.69) is 24.2 Å². The number of piperidine rings is 1. The molecule has 0 aromatic carbocycles. The van der Waals surface area contributed by atoms with Crippen LogP contribution in [-0.2, 0) is 0 Å². The molecule has 3 aliphatic rings. The Morgan fingerprint density at radius 3 is 2.87 bits per heavy atom. The second-order valence-electron chi connectivity index (χ2n) is 6.01. The molecule has 0 bridgehead atoms. The van der Waals surface area contributed by atoms with Crippen molar-refractivity contribution in [1.82, 2.24) is 10.2 Å². The molecule has 1 aliphatic carbocycles. The van der Waals surface area contributed by atoms with Crippen molar-refractivity contribution < 1.29 is 0 Å². The molecule has 15 heavy (non-hydrogen) atoms. The molecule has 2 heteroatoms. The summed E-state index contributed by atoms with van der Waals surface area (Å²) in [6.45, 7) is 3.70. The average molecular weight is 208 g/mol. The van der Waals surface area contributed by atoms with Gasteiger partial charge in [0.25, 0.3) is 0 Å². The van der Waals surface area contributed by atoms with Gasteiger partial charge in [-0.3, -0.25) is 0 Å². The third-order valence-corrected chi connectivity index (χ3v) is 5.07. The quantitative estimate of drug-likeness (QED) is 0.653. The Morgan fingerprint density at radius 2 is 2.00 bits per heavy atom. The van der Waals surface area contributed by atoms with Crippen LogP contribution in [-0.4, -0.2) is 36.6 Å². The molecule has 3 fully saturated rings. The van der Waals surface area contributed by atoms with Crippen LogP contribution in [0, 0.1) is 11.8 Å². The third-order valence-electron chi connectivity index (χ3n) is 5.07. The molecule has 2 saturated heterocycles. The molecule has 0 aromatic heterocycles. The van der Waals surface area contributed by atoms with Crippen molar-refractivity contribution in [3.05, 3.63) is 0 Å². The number of fused-ring (bicyclic) bond motifs is 3. The van der Waals surface area contributed by atoms with Gasteiger partial charge in [0, 0.05) is 18.1 Å². The Bertz CT molecular complexity index is 241. The molecule has 1 N–H and O–H groups in total. The number of nitrogens with one attached hydrogen (secondary N) is 1. The molecule has 86 valence electrons. The molecule has 0 amide bonds. The molecule has 5 unspecified atom stereocenters. The predicted molar refractivity (Wildman–Crippen MR) is 62.9 cm³/mol. The van der Waals surface area contributed by atoms with Crippen LogP contribution in [0.5, 0.6) is 0 Å². The molecule has 2 heterocycles. The van der Waals surface area contributed by atoms with Gasteiger partial charge in [-0.25, -0.2) is 0 Å². The minimum absolute atomic E-state index is 0.769. The van der Waals surface area contributed by atoms with Gasteiger partial charge in [-0.15, -0.1) is 0 Å². The van der Waals surface area contributed by atoms with E-state index in [4.69, 9.17) is 0 Å². The molecule has 0 aromatic rings. The Morgan fingerprint density at radius 1 is 1.13 bits per heavy atom. The van der Waals surface area contributed by atoms with E-state index in [0.29, 0.717) is 0 Å². The van der Waals surface area contributed by atoms with E-state index in [1.54, 1.807) is 0 Å². The maximum Gasteiger partial charge on any atom is 0.0124 e. The van der Waals surface area contributed by atoms with Gasteiger partial charge in [0.2, 0.25) is 0 Å². The van der Waals surface area contributed by atoms with E-state index < -0.39 is 0 Å². The lowest BCUT2D eigenvalue weighted by atomic mass is 9.69. The highest BCUT2D eigenvalue weighted by atomic mass is 15.2. The lowest BCUT2D eigenvalue weighted by molar-refractivity contribution is 0.0385. The van der Waals surface area contributed by atoms with Crippen LogP contribution in [0.25, 0.3) is 0 Å². The third kappa shape index (κ3) is 1.62. The number of hydrogen-bond donors (Lipinski definition) is 1. The summed E-state index contributed by atoms with van der Waals surface area (Å²) in [6, 6.07) is 2.53. The van der Waals surface area contributed by atoms with Crippen LogP contribution >= 0.6 is 0 Å². The molecule has 0 radical (unpaired) electrons. The summed E-state index contributed by atoms with van der Waals surface area (Å²) in [4.78, 5) is 2.63. The zero-order valence-corrected chi connectivity index (χ0v) is 10.1. The lowest BCUT2D eigenvalue weighted by Gasteiger charge is -2.47. The second-order valence-corrected chi connectivity index (χ2v) is 6.01. The maximum absolute atomic E-state index is 3.79. The summed E-state index contributed by atoms with van der Waals surface area (Å²) >= 11 is 0. The molecule has 3 rings (SSSR count). The Labute approximate surface area is 93.4 Å². The van der Waals surface area contributed by atoms with Crippen molar-refractivity contribution >= 4 is 0 Å². The second kappa shape index (κ2) is 3.74. The Hall–Kier alpha value is -0.0800. The van der Waals surface area contributed by atoms with E-state index in [1.807, 2.05) is 0 Å². The fourth-order valence-corrected chi connectivity index (χ4v) is 4.45. The van der Waals surface area contributed by atoms with Crippen LogP contribution < -0.4 is 5.32 Å². The highest BCUT2D eigenvalue weighted by Crippen LogP contribution is 2.43. The van der Waals surface area contributed by atoms with Gasteiger partial charge in [0.05, 0.1) is 0 Å². The Balaban J connectivity index is 1.78. The summed E-state index contributed by atoms with van der Waals surface area (Å²) in [7, 11) is 2.34. The minimum atomic E-state index is 0.769. The first-order valence-corrected chi connectivity index (χ1v) is 6.72. The molecular formula is C13H24N2. The monoisotopic (exact) mass is 208 g/mol. The predicted octanol–water partition coefficient (Wildman–Crippen LogP) is 1.86. The van der Waals surface area contributed by atoms with Crippen LogP contribution in [0.15, 0.2) is 0 Å². The zero-order valence-electron chi connectivity index (χ0n) is 10.1. The number of hydrogen-bond acceptors (Lipinski definition) is 2. The van der Waals surface area contributed by atoms with Crippen molar-refractivity contribution in [1.29, 1.82) is 0 Å². The molecule has 1 saturated carbocycles. The molecule has 2 aliphatic heterocycles. The fraction of sp³-hybridized carbons (Fsp3) is 1.00. The summed E-state index contributed by atoms with van der Waals surface area (Å²) in [5, 5.41) is 3.79. The van der Waals surface area contributed by atoms with E-state index >= 15 is 0 Å². The number of nitrogens with zero attached hydrogens (tertiary/aromatic N) is 1. The van der Waals surface area contributed by atoms with E-state index in [-0.39, 0.29) is 0 Å². The van der Waals surface area contributed by atoms with Gasteiger partial charge in [0.15, 0.2) is 0 Å². The largest absolute Gasteiger partial charge is 0.311 e. The highest BCUT2D eigenvalue weighted by molar-refractivity contribution is 5.01. The first kappa shape index (κ1) is 10.1. The van der Waals surface area contributed by atoms with Gasteiger partial charge in [-0.1, -0.05) is 0 Å². The van der Waals surface area contributed by atoms with Crippen molar-refractivity contribution in [2.75, 3.05) is 13.6 Å². The normalized spacial score (nSPS) is 51.2. The average Bonchev–Trinajstić information content (AvgIpc) is 2.59.